The number of hydrogen-bond acceptors (Lipinski definition) is 7. The van der Waals surface area contributed by atoms with Gasteiger partial charge in [-0.25, -0.2) is 9.59 Å². The van der Waals surface area contributed by atoms with Crippen LogP contribution in [-0.4, -0.2) is 38.0 Å². The lowest BCUT2D eigenvalue weighted by atomic mass is 10.1. The fourth-order valence-corrected chi connectivity index (χ4v) is 1.53. The van der Waals surface area contributed by atoms with Gasteiger partial charge in [0.15, 0.2) is 12.3 Å². The number of ketones is 1. The number of carbonyl (C=O) groups excluding carboxylic acids is 3. The summed E-state index contributed by atoms with van der Waals surface area (Å²) in [6, 6.07) is 4.45. The van der Waals surface area contributed by atoms with Crippen LogP contribution in [-0.2, 0) is 14.3 Å². The van der Waals surface area contributed by atoms with Crippen molar-refractivity contribution in [2.75, 3.05) is 25.7 Å². The molecule has 0 aromatic heterocycles. The first-order valence-corrected chi connectivity index (χ1v) is 6.51. The van der Waals surface area contributed by atoms with Gasteiger partial charge in [0.2, 0.25) is 0 Å². The Bertz CT molecular complexity index is 598. The number of hydrogen-bond donors (Lipinski definition) is 1. The van der Waals surface area contributed by atoms with Crippen molar-refractivity contribution < 1.29 is 23.9 Å². The van der Waals surface area contributed by atoms with Crippen LogP contribution in [0.3, 0.4) is 0 Å². The second kappa shape index (κ2) is 8.50. The molecule has 22 heavy (non-hydrogen) atoms. The summed E-state index contributed by atoms with van der Waals surface area (Å²) in [4.78, 5) is 34.1. The fraction of sp³-hybridized carbons (Fsp3) is 0.357. The molecule has 0 saturated heterocycles. The van der Waals surface area contributed by atoms with E-state index in [9.17, 15) is 14.4 Å². The third-order valence-corrected chi connectivity index (χ3v) is 2.58. The minimum atomic E-state index is -0.619. The molecule has 1 aromatic carbocycles. The number of ether oxygens (including phenoxy) is 2. The fourth-order valence-electron chi connectivity index (χ4n) is 1.53. The van der Waals surface area contributed by atoms with E-state index in [1.54, 1.807) is 6.92 Å². The van der Waals surface area contributed by atoms with Crippen LogP contribution in [0.15, 0.2) is 28.5 Å². The first-order chi connectivity index (χ1) is 10.5. The van der Waals surface area contributed by atoms with E-state index in [1.807, 2.05) is 0 Å². The molecule has 0 aliphatic heterocycles. The molecule has 0 atom stereocenters. The zero-order valence-electron chi connectivity index (χ0n) is 12.6. The maximum atomic E-state index is 11.7. The SMILES string of the molecule is CCOC(=O)CN=NNc1ccc(C(C)=O)cc1C(=O)OC. The number of Topliss-reactive ketones (excluding diaryl/α,β-unsaturated/α-hetero) is 1. The van der Waals surface area contributed by atoms with Crippen LogP contribution in [0.1, 0.15) is 34.6 Å². The van der Waals surface area contributed by atoms with Crippen LogP contribution in [0.4, 0.5) is 5.69 Å². The third-order valence-electron chi connectivity index (χ3n) is 2.58. The monoisotopic (exact) mass is 307 g/mol. The molecule has 8 heteroatoms. The van der Waals surface area contributed by atoms with Crippen molar-refractivity contribution in [1.82, 2.24) is 0 Å². The van der Waals surface area contributed by atoms with Crippen LogP contribution < -0.4 is 5.43 Å². The molecule has 0 aliphatic rings. The van der Waals surface area contributed by atoms with Crippen molar-refractivity contribution in [2.45, 2.75) is 13.8 Å². The van der Waals surface area contributed by atoms with Gasteiger partial charge in [0.1, 0.15) is 0 Å². The molecule has 1 aromatic rings. The van der Waals surface area contributed by atoms with Crippen LogP contribution in [0.25, 0.3) is 0 Å². The topological polar surface area (TPSA) is 106 Å². The second-order valence-corrected chi connectivity index (χ2v) is 4.12. The molecule has 0 spiro atoms. The van der Waals surface area contributed by atoms with E-state index in [0.29, 0.717) is 11.3 Å². The molecule has 8 nitrogen and oxygen atoms in total. The molecule has 0 bridgehead atoms. The Hall–Kier alpha value is -2.77. The van der Waals surface area contributed by atoms with E-state index < -0.39 is 11.9 Å². The number of benzene rings is 1. The molecular formula is C14H17N3O5. The number of anilines is 1. The van der Waals surface area contributed by atoms with Gasteiger partial charge in [-0.3, -0.25) is 10.2 Å². The largest absolute Gasteiger partial charge is 0.465 e. The van der Waals surface area contributed by atoms with Crippen molar-refractivity contribution in [1.29, 1.82) is 0 Å². The van der Waals surface area contributed by atoms with Gasteiger partial charge in [0.05, 0.1) is 25.0 Å². The number of esters is 2. The number of carbonyl (C=O) groups is 3. The second-order valence-electron chi connectivity index (χ2n) is 4.12. The summed E-state index contributed by atoms with van der Waals surface area (Å²) in [5.74, 6) is -1.31. The maximum absolute atomic E-state index is 11.7. The lowest BCUT2D eigenvalue weighted by Crippen LogP contribution is -2.09. The third kappa shape index (κ3) is 4.97. The molecular weight excluding hydrogens is 290 g/mol. The Balaban J connectivity index is 2.85. The first-order valence-electron chi connectivity index (χ1n) is 6.51. The standard InChI is InChI=1S/C14H17N3O5/c1-4-22-13(19)8-15-17-16-12-6-5-10(9(2)18)7-11(12)14(20)21-3/h5-7H,4,8H2,1-3H3,(H,15,16). The number of nitrogens with zero attached hydrogens (tertiary/aromatic N) is 2. The quantitative estimate of drug-likeness (QED) is 0.357. The van der Waals surface area contributed by atoms with E-state index in [4.69, 9.17) is 0 Å². The average Bonchev–Trinajstić information content (AvgIpc) is 2.51. The Kier molecular flexibility index (Phi) is 6.68. The summed E-state index contributed by atoms with van der Waals surface area (Å²) in [5, 5.41) is 7.19. The van der Waals surface area contributed by atoms with Gasteiger partial charge >= 0.3 is 11.9 Å². The molecule has 0 saturated carbocycles. The molecule has 0 unspecified atom stereocenters. The predicted octanol–water partition coefficient (Wildman–Crippen LogP) is 2.02. The molecule has 118 valence electrons. The molecule has 0 aliphatic carbocycles. The van der Waals surface area contributed by atoms with Crippen LogP contribution in [0.5, 0.6) is 0 Å². The molecule has 0 radical (unpaired) electrons. The normalized spacial score (nSPS) is 10.3. The van der Waals surface area contributed by atoms with Gasteiger partial charge in [0.25, 0.3) is 0 Å². The maximum Gasteiger partial charge on any atom is 0.340 e. The molecule has 1 rings (SSSR count). The van der Waals surface area contributed by atoms with Gasteiger partial charge in [-0.05, 0) is 32.0 Å². The van der Waals surface area contributed by atoms with Crippen molar-refractivity contribution >= 4 is 23.4 Å². The smallest absolute Gasteiger partial charge is 0.340 e. The minimum Gasteiger partial charge on any atom is -0.465 e. The van der Waals surface area contributed by atoms with Crippen LogP contribution >= 0.6 is 0 Å². The highest BCUT2D eigenvalue weighted by Crippen LogP contribution is 2.19. The van der Waals surface area contributed by atoms with Crippen molar-refractivity contribution in [2.24, 2.45) is 10.3 Å². The van der Waals surface area contributed by atoms with E-state index in [-0.39, 0.29) is 24.5 Å². The molecule has 0 heterocycles. The van der Waals surface area contributed by atoms with Crippen molar-refractivity contribution in [3.63, 3.8) is 0 Å². The highest BCUT2D eigenvalue weighted by molar-refractivity contribution is 6.01. The van der Waals surface area contributed by atoms with Crippen LogP contribution in [0.2, 0.25) is 0 Å². The Morgan fingerprint density at radius 3 is 2.59 bits per heavy atom. The van der Waals surface area contributed by atoms with E-state index in [2.05, 4.69) is 25.2 Å². The Labute approximate surface area is 127 Å². The van der Waals surface area contributed by atoms with E-state index in [0.717, 1.165) is 0 Å². The Morgan fingerprint density at radius 2 is 2.00 bits per heavy atom. The molecule has 1 N–H and O–H groups in total. The van der Waals surface area contributed by atoms with Gasteiger partial charge < -0.3 is 9.47 Å². The number of nitrogens with one attached hydrogen (secondary N) is 1. The summed E-state index contributed by atoms with van der Waals surface area (Å²) in [6.07, 6.45) is 0. The van der Waals surface area contributed by atoms with Gasteiger partial charge in [-0.2, -0.15) is 5.11 Å². The lowest BCUT2D eigenvalue weighted by molar-refractivity contribution is -0.141. The summed E-state index contributed by atoms with van der Waals surface area (Å²) < 4.78 is 9.34. The van der Waals surface area contributed by atoms with Gasteiger partial charge in [-0.1, -0.05) is 5.22 Å². The van der Waals surface area contributed by atoms with Crippen molar-refractivity contribution in [3.8, 4) is 0 Å². The summed E-state index contributed by atoms with van der Waals surface area (Å²) in [7, 11) is 1.23. The lowest BCUT2D eigenvalue weighted by Gasteiger charge is -2.08. The van der Waals surface area contributed by atoms with Crippen LogP contribution in [0, 0.1) is 0 Å². The zero-order chi connectivity index (χ0) is 16.5. The zero-order valence-corrected chi connectivity index (χ0v) is 12.6. The number of rotatable bonds is 7. The Morgan fingerprint density at radius 1 is 1.27 bits per heavy atom. The molecule has 0 amide bonds. The van der Waals surface area contributed by atoms with E-state index in [1.165, 1.54) is 32.2 Å². The highest BCUT2D eigenvalue weighted by atomic mass is 16.5. The van der Waals surface area contributed by atoms with Gasteiger partial charge in [0, 0.05) is 5.56 Å². The number of methoxy groups -OCH3 is 1. The average molecular weight is 307 g/mol. The molecule has 0 fully saturated rings. The predicted molar refractivity (Wildman–Crippen MR) is 77.8 cm³/mol. The summed E-state index contributed by atoms with van der Waals surface area (Å²) >= 11 is 0. The summed E-state index contributed by atoms with van der Waals surface area (Å²) in [6.45, 7) is 3.11. The minimum absolute atomic E-state index is 0.144. The first kappa shape index (κ1) is 17.3. The van der Waals surface area contributed by atoms with Crippen molar-refractivity contribution in [3.05, 3.63) is 29.3 Å². The highest BCUT2D eigenvalue weighted by Gasteiger charge is 2.14. The van der Waals surface area contributed by atoms with E-state index >= 15 is 0 Å². The summed E-state index contributed by atoms with van der Waals surface area (Å²) in [5.41, 5.74) is 3.35. The van der Waals surface area contributed by atoms with Gasteiger partial charge in [-0.15, -0.1) is 0 Å².